The third-order valence-electron chi connectivity index (χ3n) is 3.85. The van der Waals surface area contributed by atoms with Gasteiger partial charge in [0.2, 0.25) is 0 Å². The second kappa shape index (κ2) is 8.58. The van der Waals surface area contributed by atoms with Gasteiger partial charge in [-0.05, 0) is 53.5 Å². The number of benzene rings is 2. The Kier molecular flexibility index (Phi) is 6.45. The number of allylic oxidation sites excluding steroid dienone is 1. The van der Waals surface area contributed by atoms with Crippen LogP contribution in [-0.4, -0.2) is 19.7 Å². The Bertz CT molecular complexity index is 854. The standard InChI is InChI=1S/C21H19F3O3/c1-4-6-16-12-18(21(22,23)24)9-10-19(16)27-13-14(2)15-7-5-8-17(11-15)20(25)26-3/h4-5,7-12H,1-2,6,13H2,3H3. The van der Waals surface area contributed by atoms with Crippen LogP contribution in [0.4, 0.5) is 13.2 Å². The topological polar surface area (TPSA) is 35.5 Å². The summed E-state index contributed by atoms with van der Waals surface area (Å²) in [5, 5.41) is 0. The summed E-state index contributed by atoms with van der Waals surface area (Å²) in [5.74, 6) is -0.144. The van der Waals surface area contributed by atoms with Crippen LogP contribution in [0.3, 0.4) is 0 Å². The smallest absolute Gasteiger partial charge is 0.416 e. The highest BCUT2D eigenvalue weighted by atomic mass is 19.4. The lowest BCUT2D eigenvalue weighted by molar-refractivity contribution is -0.137. The Labute approximate surface area is 155 Å². The molecular weight excluding hydrogens is 357 g/mol. The molecule has 0 saturated heterocycles. The Morgan fingerprint density at radius 3 is 2.48 bits per heavy atom. The second-order valence-electron chi connectivity index (χ2n) is 5.78. The van der Waals surface area contributed by atoms with Crippen molar-refractivity contribution < 1.29 is 27.4 Å². The normalized spacial score (nSPS) is 11.0. The van der Waals surface area contributed by atoms with Crippen molar-refractivity contribution in [3.63, 3.8) is 0 Å². The van der Waals surface area contributed by atoms with E-state index in [0.29, 0.717) is 28.0 Å². The maximum absolute atomic E-state index is 12.9. The third-order valence-corrected chi connectivity index (χ3v) is 3.85. The number of methoxy groups -OCH3 is 1. The Morgan fingerprint density at radius 2 is 1.85 bits per heavy atom. The third kappa shape index (κ3) is 5.23. The van der Waals surface area contributed by atoms with Gasteiger partial charge in [0, 0.05) is 0 Å². The van der Waals surface area contributed by atoms with E-state index < -0.39 is 17.7 Å². The largest absolute Gasteiger partial charge is 0.489 e. The van der Waals surface area contributed by atoms with Gasteiger partial charge in [-0.25, -0.2) is 4.79 Å². The molecule has 6 heteroatoms. The summed E-state index contributed by atoms with van der Waals surface area (Å²) < 4.78 is 49.0. The highest BCUT2D eigenvalue weighted by molar-refractivity contribution is 5.90. The minimum absolute atomic E-state index is 0.0557. The molecule has 0 atom stereocenters. The Balaban J connectivity index is 2.17. The number of alkyl halides is 3. The molecule has 0 aromatic heterocycles. The molecule has 0 spiro atoms. The molecule has 142 valence electrons. The minimum Gasteiger partial charge on any atom is -0.489 e. The summed E-state index contributed by atoms with van der Waals surface area (Å²) in [4.78, 5) is 11.6. The van der Waals surface area contributed by atoms with Crippen LogP contribution in [-0.2, 0) is 17.3 Å². The van der Waals surface area contributed by atoms with Crippen molar-refractivity contribution in [3.05, 3.63) is 84.0 Å². The number of hydrogen-bond donors (Lipinski definition) is 0. The fraction of sp³-hybridized carbons (Fsp3) is 0.190. The average Bonchev–Trinajstić information content (AvgIpc) is 2.65. The molecule has 27 heavy (non-hydrogen) atoms. The first-order valence-electron chi connectivity index (χ1n) is 8.06. The van der Waals surface area contributed by atoms with Gasteiger partial charge in [-0.2, -0.15) is 13.2 Å². The van der Waals surface area contributed by atoms with E-state index in [4.69, 9.17) is 4.74 Å². The second-order valence-corrected chi connectivity index (χ2v) is 5.78. The highest BCUT2D eigenvalue weighted by Gasteiger charge is 2.31. The number of halogens is 3. The van der Waals surface area contributed by atoms with Crippen molar-refractivity contribution in [1.82, 2.24) is 0 Å². The molecule has 0 N–H and O–H groups in total. The molecule has 2 aromatic carbocycles. The molecular formula is C21H19F3O3. The first-order valence-corrected chi connectivity index (χ1v) is 8.06. The van der Waals surface area contributed by atoms with Gasteiger partial charge in [0.25, 0.3) is 0 Å². The van der Waals surface area contributed by atoms with E-state index in [1.807, 2.05) is 0 Å². The minimum atomic E-state index is -4.42. The van der Waals surface area contributed by atoms with E-state index in [0.717, 1.165) is 12.1 Å². The molecule has 0 unspecified atom stereocenters. The fourth-order valence-electron chi connectivity index (χ4n) is 2.44. The van der Waals surface area contributed by atoms with Gasteiger partial charge in [0.05, 0.1) is 18.2 Å². The van der Waals surface area contributed by atoms with Crippen molar-refractivity contribution in [2.45, 2.75) is 12.6 Å². The lowest BCUT2D eigenvalue weighted by atomic mass is 10.0. The van der Waals surface area contributed by atoms with Gasteiger partial charge in [0.15, 0.2) is 0 Å². The lowest BCUT2D eigenvalue weighted by Gasteiger charge is -2.15. The highest BCUT2D eigenvalue weighted by Crippen LogP contribution is 2.33. The molecule has 0 amide bonds. The first kappa shape index (κ1) is 20.3. The number of esters is 1. The number of carbonyl (C=O) groups excluding carboxylic acids is 1. The predicted molar refractivity (Wildman–Crippen MR) is 97.7 cm³/mol. The number of ether oxygens (including phenoxy) is 2. The van der Waals surface area contributed by atoms with E-state index in [2.05, 4.69) is 17.9 Å². The van der Waals surface area contributed by atoms with Crippen LogP contribution in [0.1, 0.15) is 27.0 Å². The molecule has 0 saturated carbocycles. The summed E-state index contributed by atoms with van der Waals surface area (Å²) in [6, 6.07) is 10.0. The summed E-state index contributed by atoms with van der Waals surface area (Å²) in [7, 11) is 1.29. The SMILES string of the molecule is C=CCc1cc(C(F)(F)F)ccc1OCC(=C)c1cccc(C(=O)OC)c1. The molecule has 0 heterocycles. The van der Waals surface area contributed by atoms with Crippen molar-refractivity contribution in [2.75, 3.05) is 13.7 Å². The van der Waals surface area contributed by atoms with E-state index in [1.165, 1.54) is 19.3 Å². The number of hydrogen-bond acceptors (Lipinski definition) is 3. The van der Waals surface area contributed by atoms with Crippen LogP contribution in [0.2, 0.25) is 0 Å². The van der Waals surface area contributed by atoms with Gasteiger partial charge in [-0.15, -0.1) is 6.58 Å². The molecule has 3 nitrogen and oxygen atoms in total. The van der Waals surface area contributed by atoms with Crippen LogP contribution < -0.4 is 4.74 Å². The van der Waals surface area contributed by atoms with Crippen molar-refractivity contribution in [2.24, 2.45) is 0 Å². The maximum Gasteiger partial charge on any atom is 0.416 e. The number of rotatable bonds is 7. The zero-order chi connectivity index (χ0) is 20.0. The van der Waals surface area contributed by atoms with Crippen LogP contribution in [0.25, 0.3) is 5.57 Å². The van der Waals surface area contributed by atoms with E-state index >= 15 is 0 Å². The van der Waals surface area contributed by atoms with Gasteiger partial charge < -0.3 is 9.47 Å². The molecule has 0 radical (unpaired) electrons. The Hall–Kier alpha value is -3.02. The zero-order valence-electron chi connectivity index (χ0n) is 14.8. The summed E-state index contributed by atoms with van der Waals surface area (Å²) in [6.07, 6.45) is -2.67. The lowest BCUT2D eigenvalue weighted by Crippen LogP contribution is -2.08. The van der Waals surface area contributed by atoms with E-state index in [9.17, 15) is 18.0 Å². The Morgan fingerprint density at radius 1 is 1.15 bits per heavy atom. The summed E-state index contributed by atoms with van der Waals surface area (Å²) in [6.45, 7) is 7.55. The molecule has 0 fully saturated rings. The van der Waals surface area contributed by atoms with Crippen LogP contribution in [0.15, 0.2) is 61.7 Å². The van der Waals surface area contributed by atoms with Gasteiger partial charge >= 0.3 is 12.1 Å². The van der Waals surface area contributed by atoms with Crippen molar-refractivity contribution >= 4 is 11.5 Å². The predicted octanol–water partition coefficient (Wildman–Crippen LogP) is 5.31. The van der Waals surface area contributed by atoms with Crippen LogP contribution >= 0.6 is 0 Å². The van der Waals surface area contributed by atoms with Crippen molar-refractivity contribution in [3.8, 4) is 5.75 Å². The first-order chi connectivity index (χ1) is 12.8. The summed E-state index contributed by atoms with van der Waals surface area (Å²) >= 11 is 0. The average molecular weight is 376 g/mol. The quantitative estimate of drug-likeness (QED) is 0.485. The van der Waals surface area contributed by atoms with E-state index in [1.54, 1.807) is 24.3 Å². The summed E-state index contributed by atoms with van der Waals surface area (Å²) in [5.41, 5.74) is 1.27. The van der Waals surface area contributed by atoms with Crippen LogP contribution in [0, 0.1) is 0 Å². The maximum atomic E-state index is 12.9. The molecule has 0 aliphatic carbocycles. The van der Waals surface area contributed by atoms with Crippen LogP contribution in [0.5, 0.6) is 5.75 Å². The van der Waals surface area contributed by atoms with Gasteiger partial charge in [-0.1, -0.05) is 24.8 Å². The van der Waals surface area contributed by atoms with Gasteiger partial charge in [0.1, 0.15) is 12.4 Å². The monoisotopic (exact) mass is 376 g/mol. The molecule has 2 rings (SSSR count). The van der Waals surface area contributed by atoms with Gasteiger partial charge in [-0.3, -0.25) is 0 Å². The molecule has 2 aromatic rings. The van der Waals surface area contributed by atoms with E-state index in [-0.39, 0.29) is 13.0 Å². The molecule has 0 aliphatic rings. The molecule has 0 aliphatic heterocycles. The fourth-order valence-corrected chi connectivity index (χ4v) is 2.44. The number of carbonyl (C=O) groups is 1. The van der Waals surface area contributed by atoms with Crippen molar-refractivity contribution in [1.29, 1.82) is 0 Å². The zero-order valence-corrected chi connectivity index (χ0v) is 14.8. The molecule has 0 bridgehead atoms.